The average Bonchev–Trinajstić information content (AvgIpc) is 2.14. The summed E-state index contributed by atoms with van der Waals surface area (Å²) in [5, 5.41) is 8.47. The smallest absolute Gasteiger partial charge is 0.201 e. The van der Waals surface area contributed by atoms with Gasteiger partial charge in [0.15, 0.2) is 0 Å². The average molecular weight is 287 g/mol. The van der Waals surface area contributed by atoms with Crippen molar-refractivity contribution >= 4 is 10.1 Å². The van der Waals surface area contributed by atoms with Gasteiger partial charge in [-0.25, -0.2) is 8.42 Å². The summed E-state index contributed by atoms with van der Waals surface area (Å²) >= 11 is 0. The second-order valence-corrected chi connectivity index (χ2v) is 4.29. The molecule has 0 aliphatic heterocycles. The van der Waals surface area contributed by atoms with Crippen LogP contribution < -0.4 is 0 Å². The number of nitrogens with zero attached hydrogens (tertiary/aromatic N) is 1. The standard InChI is InChI=1S/C7H7NO5S.CHF3/c9-8(10)13-14(11,12)6-7-4-2-1-3-5-7;2-1(3)4/h1-5H,6H2;1H. The van der Waals surface area contributed by atoms with E-state index in [9.17, 15) is 31.7 Å². The lowest BCUT2D eigenvalue weighted by atomic mass is 10.2. The largest absolute Gasteiger partial charge is 0.379 e. The quantitative estimate of drug-likeness (QED) is 0.623. The molecule has 0 unspecified atom stereocenters. The fourth-order valence-corrected chi connectivity index (χ4v) is 1.74. The molecule has 1 aromatic rings. The highest BCUT2D eigenvalue weighted by Gasteiger charge is 2.16. The first kappa shape index (κ1) is 16.2. The predicted molar refractivity (Wildman–Crippen MR) is 54.3 cm³/mol. The first-order chi connectivity index (χ1) is 8.23. The lowest BCUT2D eigenvalue weighted by Gasteiger charge is -2.00. The molecule has 0 heterocycles. The topological polar surface area (TPSA) is 86.5 Å². The van der Waals surface area contributed by atoms with Gasteiger partial charge in [0.05, 0.1) is 5.75 Å². The normalized spacial score (nSPS) is 10.4. The van der Waals surface area contributed by atoms with Gasteiger partial charge in [-0.3, -0.25) is 0 Å². The Morgan fingerprint density at radius 2 is 1.67 bits per heavy atom. The molecule has 0 saturated carbocycles. The third kappa shape index (κ3) is 9.39. The molecule has 0 saturated heterocycles. The van der Waals surface area contributed by atoms with E-state index in [-0.39, 0.29) is 0 Å². The van der Waals surface area contributed by atoms with Crippen molar-refractivity contribution in [1.29, 1.82) is 0 Å². The summed E-state index contributed by atoms with van der Waals surface area (Å²) < 4.78 is 54.4. The van der Waals surface area contributed by atoms with Gasteiger partial charge in [0.25, 0.3) is 0 Å². The molecule has 0 aliphatic rings. The van der Waals surface area contributed by atoms with Gasteiger partial charge in [-0.1, -0.05) is 30.3 Å². The third-order valence-electron chi connectivity index (χ3n) is 1.36. The van der Waals surface area contributed by atoms with Crippen LogP contribution in [-0.2, 0) is 20.2 Å². The second kappa shape index (κ2) is 7.48. The lowest BCUT2D eigenvalue weighted by Crippen LogP contribution is -2.13. The molecule has 1 rings (SSSR count). The minimum atomic E-state index is -4.13. The second-order valence-electron chi connectivity index (χ2n) is 2.73. The zero-order valence-corrected chi connectivity index (χ0v) is 9.52. The third-order valence-corrected chi connectivity index (χ3v) is 2.40. The Morgan fingerprint density at radius 1 is 1.22 bits per heavy atom. The Balaban J connectivity index is 0.000000631. The highest BCUT2D eigenvalue weighted by atomic mass is 32.2. The Kier molecular flexibility index (Phi) is 6.71. The molecule has 0 amide bonds. The van der Waals surface area contributed by atoms with Crippen LogP contribution in [0.1, 0.15) is 5.56 Å². The summed E-state index contributed by atoms with van der Waals surface area (Å²) in [5.74, 6) is -0.505. The number of halogens is 3. The highest BCUT2D eigenvalue weighted by Crippen LogP contribution is 2.06. The van der Waals surface area contributed by atoms with Crippen molar-refractivity contribution in [2.75, 3.05) is 0 Å². The van der Waals surface area contributed by atoms with E-state index in [0.717, 1.165) is 0 Å². The van der Waals surface area contributed by atoms with Gasteiger partial charge in [-0.2, -0.15) is 17.5 Å². The van der Waals surface area contributed by atoms with Crippen LogP contribution in [-0.4, -0.2) is 20.2 Å². The minimum Gasteiger partial charge on any atom is -0.201 e. The van der Waals surface area contributed by atoms with E-state index >= 15 is 0 Å². The summed E-state index contributed by atoms with van der Waals surface area (Å²) in [6.45, 7) is -3.67. The molecule has 1 aromatic carbocycles. The maximum absolute atomic E-state index is 10.9. The summed E-state index contributed by atoms with van der Waals surface area (Å²) in [5.41, 5.74) is 0.439. The molecule has 10 heteroatoms. The number of alkyl halides is 3. The summed E-state index contributed by atoms with van der Waals surface area (Å²) in [6, 6.07) is 8.07. The van der Waals surface area contributed by atoms with Crippen molar-refractivity contribution in [2.45, 2.75) is 12.4 Å². The monoisotopic (exact) mass is 287 g/mol. The fraction of sp³-hybridized carbons (Fsp3) is 0.250. The Morgan fingerprint density at radius 3 is 2.06 bits per heavy atom. The number of rotatable bonds is 4. The zero-order valence-electron chi connectivity index (χ0n) is 8.70. The molecule has 0 N–H and O–H groups in total. The van der Waals surface area contributed by atoms with Crippen molar-refractivity contribution in [1.82, 2.24) is 0 Å². The van der Waals surface area contributed by atoms with Gasteiger partial charge in [0.2, 0.25) is 0 Å². The van der Waals surface area contributed by atoms with E-state index in [1.54, 1.807) is 30.3 Å². The maximum atomic E-state index is 10.9. The van der Waals surface area contributed by atoms with E-state index in [2.05, 4.69) is 4.28 Å². The van der Waals surface area contributed by atoms with Crippen LogP contribution in [0.15, 0.2) is 30.3 Å². The minimum absolute atomic E-state index is 0.439. The van der Waals surface area contributed by atoms with E-state index < -0.39 is 27.6 Å². The maximum Gasteiger partial charge on any atom is 0.379 e. The van der Waals surface area contributed by atoms with Crippen molar-refractivity contribution in [3.63, 3.8) is 0 Å². The van der Waals surface area contributed by atoms with Crippen LogP contribution in [0.3, 0.4) is 0 Å². The van der Waals surface area contributed by atoms with E-state index in [4.69, 9.17) is 0 Å². The fourth-order valence-electron chi connectivity index (χ4n) is 0.897. The Hall–Kier alpha value is -1.84. The highest BCUT2D eigenvalue weighted by molar-refractivity contribution is 7.85. The van der Waals surface area contributed by atoms with Crippen molar-refractivity contribution < 1.29 is 31.0 Å². The Bertz CT molecular complexity index is 462. The van der Waals surface area contributed by atoms with E-state index in [1.165, 1.54) is 0 Å². The van der Waals surface area contributed by atoms with Gasteiger partial charge < -0.3 is 0 Å². The van der Waals surface area contributed by atoms with Gasteiger partial charge in [-0.05, 0) is 5.56 Å². The van der Waals surface area contributed by atoms with Gasteiger partial charge in [0, 0.05) is 0 Å². The first-order valence-corrected chi connectivity index (χ1v) is 5.83. The van der Waals surface area contributed by atoms with E-state index in [1.807, 2.05) is 0 Å². The molecule has 0 atom stereocenters. The lowest BCUT2D eigenvalue weighted by molar-refractivity contribution is -0.711. The van der Waals surface area contributed by atoms with E-state index in [0.29, 0.717) is 5.56 Å². The van der Waals surface area contributed by atoms with Crippen molar-refractivity contribution in [3.8, 4) is 0 Å². The molecule has 18 heavy (non-hydrogen) atoms. The molecular weight excluding hydrogens is 279 g/mol. The van der Waals surface area contributed by atoms with Gasteiger partial charge >= 0.3 is 21.9 Å². The molecule has 0 fully saturated rings. The van der Waals surface area contributed by atoms with Crippen LogP contribution in [0, 0.1) is 10.1 Å². The van der Waals surface area contributed by atoms with Gasteiger partial charge in [-0.15, -0.1) is 10.1 Å². The van der Waals surface area contributed by atoms with Crippen LogP contribution in [0.5, 0.6) is 0 Å². The van der Waals surface area contributed by atoms with Crippen molar-refractivity contribution in [2.24, 2.45) is 0 Å². The number of benzene rings is 1. The van der Waals surface area contributed by atoms with Crippen LogP contribution >= 0.6 is 0 Å². The Labute approximate surface area is 100 Å². The molecule has 0 radical (unpaired) electrons. The van der Waals surface area contributed by atoms with Crippen LogP contribution in [0.25, 0.3) is 0 Å². The number of hydrogen-bond donors (Lipinski definition) is 0. The van der Waals surface area contributed by atoms with Crippen molar-refractivity contribution in [3.05, 3.63) is 46.0 Å². The van der Waals surface area contributed by atoms with Crippen LogP contribution in [0.4, 0.5) is 13.2 Å². The number of hydrogen-bond acceptors (Lipinski definition) is 5. The SMILES string of the molecule is FC(F)F.O=[N+]([O-])OS(=O)(=O)Cc1ccccc1. The summed E-state index contributed by atoms with van der Waals surface area (Å²) in [4.78, 5) is 9.81. The first-order valence-electron chi connectivity index (χ1n) is 4.26. The summed E-state index contributed by atoms with van der Waals surface area (Å²) in [6.07, 6.45) is 0. The molecule has 0 spiro atoms. The molecule has 0 aromatic heterocycles. The van der Waals surface area contributed by atoms with Crippen LogP contribution in [0.2, 0.25) is 0 Å². The molecule has 6 nitrogen and oxygen atoms in total. The summed E-state index contributed by atoms with van der Waals surface area (Å²) in [7, 11) is -4.13. The zero-order chi connectivity index (χ0) is 14.2. The molecule has 102 valence electrons. The molecular formula is C8H8F3NO5S. The van der Waals surface area contributed by atoms with Gasteiger partial charge in [0.1, 0.15) is 0 Å². The molecule has 0 bridgehead atoms. The predicted octanol–water partition coefficient (Wildman–Crippen LogP) is 1.90. The molecule has 0 aliphatic carbocycles.